The molecule has 1 aromatic rings. The molecule has 1 aromatic carbocycles. The number of benzene rings is 1. The third kappa shape index (κ3) is 1.61. The molecule has 0 saturated heterocycles. The fourth-order valence-electron chi connectivity index (χ4n) is 2.77. The van der Waals surface area contributed by atoms with Crippen LogP contribution in [0.1, 0.15) is 30.9 Å². The van der Waals surface area contributed by atoms with Crippen molar-refractivity contribution in [3.8, 4) is 5.75 Å². The summed E-state index contributed by atoms with van der Waals surface area (Å²) >= 11 is 0. The fraction of sp³-hybridized carbons (Fsp3) is 0.571. The third-order valence-electron chi connectivity index (χ3n) is 4.07. The molecule has 0 radical (unpaired) electrons. The molecule has 0 heterocycles. The summed E-state index contributed by atoms with van der Waals surface area (Å²) in [5.41, 5.74) is 8.73. The van der Waals surface area contributed by atoms with Crippen LogP contribution in [0.3, 0.4) is 0 Å². The molecule has 1 fully saturated rings. The zero-order chi connectivity index (χ0) is 11.8. The van der Waals surface area contributed by atoms with Crippen LogP contribution in [-0.4, -0.2) is 13.7 Å². The molecule has 0 amide bonds. The van der Waals surface area contributed by atoms with Gasteiger partial charge in [0.15, 0.2) is 0 Å². The maximum absolute atomic E-state index is 5.96. The van der Waals surface area contributed by atoms with Gasteiger partial charge in [-0.1, -0.05) is 25.5 Å². The maximum Gasteiger partial charge on any atom is 0.122 e. The van der Waals surface area contributed by atoms with Crippen molar-refractivity contribution in [3.05, 3.63) is 29.3 Å². The largest absolute Gasteiger partial charge is 0.496 e. The van der Waals surface area contributed by atoms with E-state index < -0.39 is 0 Å². The standard InChI is InChI=1S/C14H21NO/c1-4-11-8-14(11,9-15)12-6-5-10(2)13(7-12)16-3/h5-7,11H,4,8-9,15H2,1-3H3. The Kier molecular flexibility index (Phi) is 2.94. The molecule has 0 aliphatic heterocycles. The molecule has 1 aliphatic rings. The molecule has 0 bridgehead atoms. The first kappa shape index (κ1) is 11.5. The highest BCUT2D eigenvalue weighted by Gasteiger charge is 2.52. The minimum absolute atomic E-state index is 0.232. The van der Waals surface area contributed by atoms with Crippen molar-refractivity contribution in [2.24, 2.45) is 11.7 Å². The van der Waals surface area contributed by atoms with Crippen LogP contribution in [0.2, 0.25) is 0 Å². The second kappa shape index (κ2) is 4.10. The van der Waals surface area contributed by atoms with Crippen molar-refractivity contribution in [2.45, 2.75) is 32.1 Å². The van der Waals surface area contributed by atoms with Crippen LogP contribution in [0.15, 0.2) is 18.2 Å². The zero-order valence-corrected chi connectivity index (χ0v) is 10.4. The molecule has 1 saturated carbocycles. The first-order valence-corrected chi connectivity index (χ1v) is 6.03. The molecule has 2 N–H and O–H groups in total. The highest BCUT2D eigenvalue weighted by Crippen LogP contribution is 2.55. The number of ether oxygens (including phenoxy) is 1. The lowest BCUT2D eigenvalue weighted by Gasteiger charge is -2.17. The molecule has 2 nitrogen and oxygen atoms in total. The highest BCUT2D eigenvalue weighted by molar-refractivity contribution is 5.43. The average molecular weight is 219 g/mol. The van der Waals surface area contributed by atoms with E-state index in [1.807, 2.05) is 0 Å². The summed E-state index contributed by atoms with van der Waals surface area (Å²) in [4.78, 5) is 0. The summed E-state index contributed by atoms with van der Waals surface area (Å²) < 4.78 is 5.38. The minimum atomic E-state index is 0.232. The second-order valence-corrected chi connectivity index (χ2v) is 4.85. The Balaban J connectivity index is 2.34. The van der Waals surface area contributed by atoms with E-state index in [4.69, 9.17) is 10.5 Å². The van der Waals surface area contributed by atoms with Crippen molar-refractivity contribution >= 4 is 0 Å². The van der Waals surface area contributed by atoms with Crippen LogP contribution < -0.4 is 10.5 Å². The van der Waals surface area contributed by atoms with Crippen LogP contribution in [-0.2, 0) is 5.41 Å². The summed E-state index contributed by atoms with van der Waals surface area (Å²) in [5, 5.41) is 0. The smallest absolute Gasteiger partial charge is 0.122 e. The number of hydrogen-bond donors (Lipinski definition) is 1. The van der Waals surface area contributed by atoms with Crippen LogP contribution in [0, 0.1) is 12.8 Å². The summed E-state index contributed by atoms with van der Waals surface area (Å²) in [6, 6.07) is 6.51. The summed E-state index contributed by atoms with van der Waals surface area (Å²) in [5.74, 6) is 1.73. The molecule has 2 unspecified atom stereocenters. The van der Waals surface area contributed by atoms with Gasteiger partial charge in [-0.25, -0.2) is 0 Å². The maximum atomic E-state index is 5.96. The Bertz CT molecular complexity index is 388. The molecule has 2 atom stereocenters. The highest BCUT2D eigenvalue weighted by atomic mass is 16.5. The van der Waals surface area contributed by atoms with Crippen LogP contribution in [0.5, 0.6) is 5.75 Å². The lowest BCUT2D eigenvalue weighted by Crippen LogP contribution is -2.22. The van der Waals surface area contributed by atoms with Gasteiger partial charge >= 0.3 is 0 Å². The fourth-order valence-corrected chi connectivity index (χ4v) is 2.77. The molecule has 0 aromatic heterocycles. The number of aryl methyl sites for hydroxylation is 1. The first-order valence-electron chi connectivity index (χ1n) is 6.03. The predicted octanol–water partition coefficient (Wildman–Crippen LogP) is 2.63. The van der Waals surface area contributed by atoms with E-state index in [0.717, 1.165) is 18.2 Å². The minimum Gasteiger partial charge on any atom is -0.496 e. The van der Waals surface area contributed by atoms with Gasteiger partial charge in [-0.2, -0.15) is 0 Å². The van der Waals surface area contributed by atoms with Gasteiger partial charge in [0.1, 0.15) is 5.75 Å². The van der Waals surface area contributed by atoms with E-state index in [2.05, 4.69) is 32.0 Å². The quantitative estimate of drug-likeness (QED) is 0.845. The van der Waals surface area contributed by atoms with Gasteiger partial charge < -0.3 is 10.5 Å². The Labute approximate surface area is 97.8 Å². The molecule has 0 spiro atoms. The Morgan fingerprint density at radius 1 is 1.50 bits per heavy atom. The number of rotatable bonds is 4. The predicted molar refractivity (Wildman–Crippen MR) is 66.9 cm³/mol. The topological polar surface area (TPSA) is 35.2 Å². The lowest BCUT2D eigenvalue weighted by atomic mass is 9.91. The van der Waals surface area contributed by atoms with Gasteiger partial charge in [0, 0.05) is 12.0 Å². The number of hydrogen-bond acceptors (Lipinski definition) is 2. The van der Waals surface area contributed by atoms with Gasteiger partial charge in [0.2, 0.25) is 0 Å². The summed E-state index contributed by atoms with van der Waals surface area (Å²) in [6.07, 6.45) is 2.44. The van der Waals surface area contributed by atoms with Gasteiger partial charge in [-0.15, -0.1) is 0 Å². The van der Waals surface area contributed by atoms with Crippen molar-refractivity contribution in [1.82, 2.24) is 0 Å². The van der Waals surface area contributed by atoms with Crippen molar-refractivity contribution in [1.29, 1.82) is 0 Å². The Hall–Kier alpha value is -1.02. The van der Waals surface area contributed by atoms with Crippen LogP contribution in [0.4, 0.5) is 0 Å². The van der Waals surface area contributed by atoms with Gasteiger partial charge in [0.05, 0.1) is 7.11 Å². The molecule has 2 heteroatoms. The molecular formula is C14H21NO. The SMILES string of the molecule is CCC1CC1(CN)c1ccc(C)c(OC)c1. The van der Waals surface area contributed by atoms with E-state index in [-0.39, 0.29) is 5.41 Å². The molecular weight excluding hydrogens is 198 g/mol. The summed E-state index contributed by atoms with van der Waals surface area (Å²) in [7, 11) is 1.73. The molecule has 88 valence electrons. The Morgan fingerprint density at radius 3 is 2.75 bits per heavy atom. The van der Waals surface area contributed by atoms with Crippen molar-refractivity contribution in [2.75, 3.05) is 13.7 Å². The lowest BCUT2D eigenvalue weighted by molar-refractivity contribution is 0.410. The van der Waals surface area contributed by atoms with Gasteiger partial charge in [-0.3, -0.25) is 0 Å². The Morgan fingerprint density at radius 2 is 2.25 bits per heavy atom. The molecule has 1 aliphatic carbocycles. The van der Waals surface area contributed by atoms with E-state index in [1.54, 1.807) is 7.11 Å². The van der Waals surface area contributed by atoms with E-state index in [9.17, 15) is 0 Å². The summed E-state index contributed by atoms with van der Waals surface area (Å²) in [6.45, 7) is 5.06. The van der Waals surface area contributed by atoms with Gasteiger partial charge in [-0.05, 0) is 36.5 Å². The normalized spacial score (nSPS) is 27.9. The first-order chi connectivity index (χ1) is 7.67. The molecule has 16 heavy (non-hydrogen) atoms. The molecule has 2 rings (SSSR count). The zero-order valence-electron chi connectivity index (χ0n) is 10.4. The van der Waals surface area contributed by atoms with E-state index >= 15 is 0 Å². The van der Waals surface area contributed by atoms with Crippen molar-refractivity contribution in [3.63, 3.8) is 0 Å². The second-order valence-electron chi connectivity index (χ2n) is 4.85. The number of methoxy groups -OCH3 is 1. The number of nitrogens with two attached hydrogens (primary N) is 1. The van der Waals surface area contributed by atoms with Crippen LogP contribution >= 0.6 is 0 Å². The average Bonchev–Trinajstić information content (AvgIpc) is 3.04. The van der Waals surface area contributed by atoms with Gasteiger partial charge in [0.25, 0.3) is 0 Å². The van der Waals surface area contributed by atoms with E-state index in [0.29, 0.717) is 0 Å². The van der Waals surface area contributed by atoms with E-state index in [1.165, 1.54) is 24.0 Å². The third-order valence-corrected chi connectivity index (χ3v) is 4.07. The van der Waals surface area contributed by atoms with Crippen LogP contribution in [0.25, 0.3) is 0 Å². The monoisotopic (exact) mass is 219 g/mol. The van der Waals surface area contributed by atoms with Crippen molar-refractivity contribution < 1.29 is 4.74 Å².